The quantitative estimate of drug-likeness (QED) is 0.735. The zero-order valence-electron chi connectivity index (χ0n) is 16.8. The third kappa shape index (κ3) is 3.23. The van der Waals surface area contributed by atoms with Crippen molar-refractivity contribution in [2.45, 2.75) is 38.9 Å². The molecule has 10 heteroatoms. The molecular weight excluding hydrogens is 363 g/mol. The Balaban J connectivity index is 1.85. The molecule has 1 N–H and O–H groups in total. The van der Waals surface area contributed by atoms with Gasteiger partial charge in [0.25, 0.3) is 5.88 Å². The van der Waals surface area contributed by atoms with Crippen molar-refractivity contribution >= 4 is 28.6 Å². The number of halogens is 1. The van der Waals surface area contributed by atoms with E-state index in [9.17, 15) is 4.39 Å². The van der Waals surface area contributed by atoms with Gasteiger partial charge in [0.1, 0.15) is 11.9 Å². The van der Waals surface area contributed by atoms with Crippen molar-refractivity contribution in [2.75, 3.05) is 30.4 Å². The van der Waals surface area contributed by atoms with Crippen molar-refractivity contribution in [3.05, 3.63) is 12.5 Å². The summed E-state index contributed by atoms with van der Waals surface area (Å²) in [4.78, 5) is 15.8. The average molecular weight is 388 g/mol. The Morgan fingerprint density at radius 2 is 2.07 bits per heavy atom. The molecule has 9 nitrogen and oxygen atoms in total. The van der Waals surface area contributed by atoms with Crippen LogP contribution in [0, 0.1) is 0 Å². The fraction of sp³-hybridized carbons (Fsp3) is 0.556. The van der Waals surface area contributed by atoms with Crippen LogP contribution in [0.2, 0.25) is 0 Å². The van der Waals surface area contributed by atoms with Gasteiger partial charge in [-0.3, -0.25) is 4.68 Å². The Kier molecular flexibility index (Phi) is 4.35. The number of aryl methyl sites for hydroxylation is 1. The molecule has 0 radical (unpaired) electrons. The number of methoxy groups -OCH3 is 1. The normalized spacial score (nSPS) is 17.5. The van der Waals surface area contributed by atoms with E-state index in [4.69, 9.17) is 9.72 Å². The van der Waals surface area contributed by atoms with Gasteiger partial charge in [-0.05, 0) is 27.2 Å². The fourth-order valence-electron chi connectivity index (χ4n) is 3.34. The van der Waals surface area contributed by atoms with Crippen LogP contribution in [-0.4, -0.2) is 55.7 Å². The molecule has 4 rings (SSSR count). The lowest BCUT2D eigenvalue weighted by Gasteiger charge is -2.22. The average Bonchev–Trinajstić information content (AvgIpc) is 3.32. The van der Waals surface area contributed by atoms with Crippen molar-refractivity contribution in [3.63, 3.8) is 0 Å². The molecule has 3 aromatic heterocycles. The maximum absolute atomic E-state index is 13.8. The summed E-state index contributed by atoms with van der Waals surface area (Å²) in [5, 5.41) is 7.53. The second-order valence-electron chi connectivity index (χ2n) is 8.01. The zero-order valence-corrected chi connectivity index (χ0v) is 16.8. The molecular formula is C18H25FN8O. The van der Waals surface area contributed by atoms with Gasteiger partial charge in [0.2, 0.25) is 5.95 Å². The predicted octanol–water partition coefficient (Wildman–Crippen LogP) is 2.62. The minimum Gasteiger partial charge on any atom is -0.478 e. The highest BCUT2D eigenvalue weighted by molar-refractivity contribution is 5.87. The number of rotatable bonds is 4. The maximum Gasteiger partial charge on any atom is 0.256 e. The lowest BCUT2D eigenvalue weighted by Crippen LogP contribution is -2.24. The number of hydrogen-bond acceptors (Lipinski definition) is 7. The molecule has 1 saturated heterocycles. The Labute approximate surface area is 162 Å². The van der Waals surface area contributed by atoms with E-state index < -0.39 is 6.17 Å². The smallest absolute Gasteiger partial charge is 0.256 e. The minimum atomic E-state index is -0.860. The first-order valence-corrected chi connectivity index (χ1v) is 9.25. The van der Waals surface area contributed by atoms with E-state index in [-0.39, 0.29) is 5.54 Å². The zero-order chi connectivity index (χ0) is 20.1. The monoisotopic (exact) mass is 388 g/mol. The number of aromatic nitrogens is 6. The first-order valence-electron chi connectivity index (χ1n) is 9.25. The first-order chi connectivity index (χ1) is 13.3. The lowest BCUT2D eigenvalue weighted by atomic mass is 10.1. The number of alkyl halides is 1. The van der Waals surface area contributed by atoms with Gasteiger partial charge in [0.15, 0.2) is 17.0 Å². The number of imidazole rings is 1. The molecule has 28 heavy (non-hydrogen) atoms. The van der Waals surface area contributed by atoms with Crippen LogP contribution >= 0.6 is 0 Å². The summed E-state index contributed by atoms with van der Waals surface area (Å²) in [6, 6.07) is 0. The van der Waals surface area contributed by atoms with Crippen molar-refractivity contribution in [3.8, 4) is 5.88 Å². The lowest BCUT2D eigenvalue weighted by molar-refractivity contribution is 0.364. The van der Waals surface area contributed by atoms with Crippen LogP contribution in [0.5, 0.6) is 5.88 Å². The SMILES string of the molecule is COc1nn(C)cc1Nc1nc(N2CCC(F)C2)nc2c1ncn2C(C)(C)C. The highest BCUT2D eigenvalue weighted by atomic mass is 19.1. The van der Waals surface area contributed by atoms with Crippen molar-refractivity contribution in [1.29, 1.82) is 0 Å². The van der Waals surface area contributed by atoms with Crippen LogP contribution < -0.4 is 15.0 Å². The molecule has 0 aliphatic carbocycles. The molecule has 4 heterocycles. The molecule has 1 unspecified atom stereocenters. The maximum atomic E-state index is 13.8. The predicted molar refractivity (Wildman–Crippen MR) is 105 cm³/mol. The first kappa shape index (κ1) is 18.5. The van der Waals surface area contributed by atoms with Gasteiger partial charge >= 0.3 is 0 Å². The van der Waals surface area contributed by atoms with E-state index in [1.165, 1.54) is 0 Å². The van der Waals surface area contributed by atoms with E-state index >= 15 is 0 Å². The molecule has 0 bridgehead atoms. The topological polar surface area (TPSA) is 85.9 Å². The van der Waals surface area contributed by atoms with Gasteiger partial charge in [0, 0.05) is 19.1 Å². The van der Waals surface area contributed by atoms with E-state index in [0.29, 0.717) is 54.0 Å². The van der Waals surface area contributed by atoms with Gasteiger partial charge < -0.3 is 19.5 Å². The fourth-order valence-corrected chi connectivity index (χ4v) is 3.34. The van der Waals surface area contributed by atoms with E-state index in [0.717, 1.165) is 0 Å². The largest absolute Gasteiger partial charge is 0.478 e. The second-order valence-corrected chi connectivity index (χ2v) is 8.01. The number of nitrogens with zero attached hydrogens (tertiary/aromatic N) is 7. The van der Waals surface area contributed by atoms with Crippen LogP contribution in [0.3, 0.4) is 0 Å². The van der Waals surface area contributed by atoms with Crippen molar-refractivity contribution in [2.24, 2.45) is 7.05 Å². The summed E-state index contributed by atoms with van der Waals surface area (Å²) in [7, 11) is 3.38. The number of nitrogens with one attached hydrogen (secondary N) is 1. The molecule has 3 aromatic rings. The third-order valence-corrected chi connectivity index (χ3v) is 4.76. The molecule has 0 aromatic carbocycles. The van der Waals surface area contributed by atoms with E-state index in [1.54, 1.807) is 24.3 Å². The molecule has 1 aliphatic rings. The summed E-state index contributed by atoms with van der Waals surface area (Å²) in [6.07, 6.45) is 3.19. The molecule has 0 spiro atoms. The van der Waals surface area contributed by atoms with Crippen LogP contribution in [0.1, 0.15) is 27.2 Å². The number of anilines is 3. The van der Waals surface area contributed by atoms with Crippen LogP contribution in [0.4, 0.5) is 21.8 Å². The van der Waals surface area contributed by atoms with Crippen molar-refractivity contribution < 1.29 is 9.13 Å². The Morgan fingerprint density at radius 1 is 1.29 bits per heavy atom. The second kappa shape index (κ2) is 6.61. The molecule has 1 atom stereocenters. The van der Waals surface area contributed by atoms with Gasteiger partial charge in [-0.2, -0.15) is 9.97 Å². The van der Waals surface area contributed by atoms with E-state index in [2.05, 4.69) is 41.2 Å². The Bertz CT molecular complexity index is 1010. The standard InChI is InChI=1S/C18H25FN8O/c1-18(2,3)27-10-20-13-14(21-12-9-25(4)24-16(12)28-5)22-17(23-15(13)27)26-7-6-11(19)8-26/h9-11H,6-8H2,1-5H3,(H,21,22,23). The van der Waals surface area contributed by atoms with Crippen LogP contribution in [0.15, 0.2) is 12.5 Å². The third-order valence-electron chi connectivity index (χ3n) is 4.76. The molecule has 150 valence electrons. The van der Waals surface area contributed by atoms with Crippen LogP contribution in [-0.2, 0) is 12.6 Å². The van der Waals surface area contributed by atoms with Crippen molar-refractivity contribution in [1.82, 2.24) is 29.3 Å². The highest BCUT2D eigenvalue weighted by Crippen LogP contribution is 2.32. The Hall–Kier alpha value is -2.91. The van der Waals surface area contributed by atoms with E-state index in [1.807, 2.05) is 16.5 Å². The van der Waals surface area contributed by atoms with Gasteiger partial charge in [0.05, 0.1) is 26.2 Å². The summed E-state index contributed by atoms with van der Waals surface area (Å²) in [5.41, 5.74) is 1.80. The van der Waals surface area contributed by atoms with Gasteiger partial charge in [-0.1, -0.05) is 0 Å². The molecule has 1 aliphatic heterocycles. The highest BCUT2D eigenvalue weighted by Gasteiger charge is 2.27. The van der Waals surface area contributed by atoms with Gasteiger partial charge in [-0.25, -0.2) is 9.37 Å². The Morgan fingerprint density at radius 3 is 2.71 bits per heavy atom. The summed E-state index contributed by atoms with van der Waals surface area (Å²) in [5.74, 6) is 1.48. The number of fused-ring (bicyclic) bond motifs is 1. The van der Waals surface area contributed by atoms with Crippen LogP contribution in [0.25, 0.3) is 11.2 Å². The molecule has 1 fully saturated rings. The number of ether oxygens (including phenoxy) is 1. The number of hydrogen-bond donors (Lipinski definition) is 1. The summed E-state index contributed by atoms with van der Waals surface area (Å²) in [6.45, 7) is 7.14. The summed E-state index contributed by atoms with van der Waals surface area (Å²) >= 11 is 0. The molecule has 0 saturated carbocycles. The molecule has 0 amide bonds. The minimum absolute atomic E-state index is 0.211. The summed E-state index contributed by atoms with van der Waals surface area (Å²) < 4.78 is 22.8. The van der Waals surface area contributed by atoms with Gasteiger partial charge in [-0.15, -0.1) is 5.10 Å².